The van der Waals surface area contributed by atoms with Crippen LogP contribution in [-0.4, -0.2) is 4.90 Å². The molecule has 6 heavy (non-hydrogen) atoms. The lowest BCUT2D eigenvalue weighted by Gasteiger charge is -2.33. The first-order chi connectivity index (χ1) is 2.71. The topological polar surface area (TPSA) is 0 Å². The maximum Gasteiger partial charge on any atom is -0.000699 e. The molecule has 2 atom stereocenters. The van der Waals surface area contributed by atoms with Crippen LogP contribution in [0.4, 0.5) is 0 Å². The molecule has 1 saturated carbocycles. The summed E-state index contributed by atoms with van der Waals surface area (Å²) >= 11 is 0. The summed E-state index contributed by atoms with van der Waals surface area (Å²) in [7, 11) is 5.68. The lowest BCUT2D eigenvalue weighted by atomic mass is 9.99. The van der Waals surface area contributed by atoms with Gasteiger partial charge in [0.2, 0.25) is 0 Å². The molecule has 0 spiro atoms. The van der Waals surface area contributed by atoms with E-state index in [0.29, 0.717) is 4.90 Å². The molecule has 1 rings (SSSR count). The Hall–Kier alpha value is 0.860. The first-order valence-electron chi connectivity index (χ1n) is 2.28. The van der Waals surface area contributed by atoms with E-state index < -0.39 is 0 Å². The Morgan fingerprint density at radius 2 is 1.50 bits per heavy atom. The molecule has 1 fully saturated rings. The van der Waals surface area contributed by atoms with Gasteiger partial charge in [-0.2, -0.15) is 0 Å². The highest BCUT2D eigenvalue weighted by molar-refractivity contribution is 7.40. The second kappa shape index (κ2) is 1.42. The van der Waals surface area contributed by atoms with Crippen LogP contribution in [0.5, 0.6) is 0 Å². The van der Waals surface area contributed by atoms with Crippen LogP contribution in [0, 0.1) is 0 Å². The van der Waals surface area contributed by atoms with Crippen molar-refractivity contribution in [1.29, 1.82) is 0 Å². The van der Waals surface area contributed by atoms with Gasteiger partial charge in [-0.05, 0) is 17.7 Å². The SMILES string of the molecule is PC1(P)CCC1. The van der Waals surface area contributed by atoms with Crippen LogP contribution in [0.15, 0.2) is 0 Å². The van der Waals surface area contributed by atoms with Gasteiger partial charge in [0.25, 0.3) is 0 Å². The fourth-order valence-corrected chi connectivity index (χ4v) is 1.40. The van der Waals surface area contributed by atoms with Gasteiger partial charge in [0.15, 0.2) is 0 Å². The van der Waals surface area contributed by atoms with Gasteiger partial charge in [-0.15, -0.1) is 18.5 Å². The molecule has 0 aliphatic heterocycles. The fraction of sp³-hybridized carbons (Fsp3) is 1.00. The predicted molar refractivity (Wildman–Crippen MR) is 36.0 cm³/mol. The zero-order valence-electron chi connectivity index (χ0n) is 3.78. The average Bonchev–Trinajstić information content (AvgIpc) is 1.32. The summed E-state index contributed by atoms with van der Waals surface area (Å²) < 4.78 is 0. The Labute approximate surface area is 43.5 Å². The number of hydrogen-bond acceptors (Lipinski definition) is 0. The molecule has 0 saturated heterocycles. The lowest BCUT2D eigenvalue weighted by Crippen LogP contribution is -2.20. The molecule has 0 aromatic carbocycles. The molecule has 0 radical (unpaired) electrons. The van der Waals surface area contributed by atoms with E-state index in [1.165, 1.54) is 19.3 Å². The van der Waals surface area contributed by atoms with E-state index in [2.05, 4.69) is 18.5 Å². The van der Waals surface area contributed by atoms with Crippen LogP contribution in [-0.2, 0) is 0 Å². The quantitative estimate of drug-likeness (QED) is 0.426. The van der Waals surface area contributed by atoms with Crippen LogP contribution in [0.3, 0.4) is 0 Å². The van der Waals surface area contributed by atoms with Crippen molar-refractivity contribution in [2.45, 2.75) is 24.2 Å². The zero-order chi connectivity index (χ0) is 4.62. The van der Waals surface area contributed by atoms with E-state index in [4.69, 9.17) is 0 Å². The molecule has 0 heterocycles. The molecule has 1 aliphatic carbocycles. The molecule has 2 unspecified atom stereocenters. The van der Waals surface area contributed by atoms with Crippen LogP contribution in [0.25, 0.3) is 0 Å². The summed E-state index contributed by atoms with van der Waals surface area (Å²) in [5, 5.41) is 0. The van der Waals surface area contributed by atoms with E-state index in [1.54, 1.807) is 0 Å². The van der Waals surface area contributed by atoms with Crippen molar-refractivity contribution in [3.63, 3.8) is 0 Å². The van der Waals surface area contributed by atoms with Crippen LogP contribution >= 0.6 is 18.5 Å². The van der Waals surface area contributed by atoms with Gasteiger partial charge < -0.3 is 0 Å². The molecule has 0 nitrogen and oxygen atoms in total. The Balaban J connectivity index is 2.31. The van der Waals surface area contributed by atoms with Crippen molar-refractivity contribution in [2.24, 2.45) is 0 Å². The summed E-state index contributed by atoms with van der Waals surface area (Å²) in [4.78, 5) is 0.556. The largest absolute Gasteiger partial charge is 0.127 e. The average molecular weight is 120 g/mol. The highest BCUT2D eigenvalue weighted by atomic mass is 31.1. The molecule has 0 aromatic rings. The second-order valence-electron chi connectivity index (χ2n) is 2.09. The fourth-order valence-electron chi connectivity index (χ4n) is 0.585. The summed E-state index contributed by atoms with van der Waals surface area (Å²) in [5.74, 6) is 0. The third kappa shape index (κ3) is 0.922. The maximum absolute atomic E-state index is 2.84. The first-order valence-corrected chi connectivity index (χ1v) is 3.44. The Morgan fingerprint density at radius 1 is 1.17 bits per heavy atom. The molecule has 0 aromatic heterocycles. The molecular weight excluding hydrogens is 110 g/mol. The predicted octanol–water partition coefficient (Wildman–Crippen LogP) is 1.62. The molecule has 0 amide bonds. The van der Waals surface area contributed by atoms with Crippen molar-refractivity contribution in [2.75, 3.05) is 0 Å². The van der Waals surface area contributed by atoms with Crippen LogP contribution in [0.1, 0.15) is 19.3 Å². The van der Waals surface area contributed by atoms with E-state index in [0.717, 1.165) is 0 Å². The Bertz CT molecular complexity index is 52.6. The Morgan fingerprint density at radius 3 is 1.50 bits per heavy atom. The third-order valence-corrected chi connectivity index (χ3v) is 2.44. The number of hydrogen-bond donors (Lipinski definition) is 0. The molecule has 2 heteroatoms. The van der Waals surface area contributed by atoms with Crippen molar-refractivity contribution in [3.8, 4) is 0 Å². The number of rotatable bonds is 0. The van der Waals surface area contributed by atoms with E-state index >= 15 is 0 Å². The minimum Gasteiger partial charge on any atom is -0.127 e. The molecule has 0 N–H and O–H groups in total. The monoisotopic (exact) mass is 120 g/mol. The van der Waals surface area contributed by atoms with Crippen LogP contribution in [0.2, 0.25) is 0 Å². The van der Waals surface area contributed by atoms with Crippen molar-refractivity contribution in [3.05, 3.63) is 0 Å². The van der Waals surface area contributed by atoms with Gasteiger partial charge in [0.05, 0.1) is 0 Å². The minimum absolute atomic E-state index is 0.556. The summed E-state index contributed by atoms with van der Waals surface area (Å²) in [5.41, 5.74) is 0. The van der Waals surface area contributed by atoms with E-state index in [1.807, 2.05) is 0 Å². The van der Waals surface area contributed by atoms with Crippen molar-refractivity contribution in [1.82, 2.24) is 0 Å². The summed E-state index contributed by atoms with van der Waals surface area (Å²) in [6.45, 7) is 0. The molecule has 1 aliphatic rings. The van der Waals surface area contributed by atoms with Gasteiger partial charge in [-0.3, -0.25) is 0 Å². The minimum atomic E-state index is 0.556. The third-order valence-electron chi connectivity index (χ3n) is 1.28. The van der Waals surface area contributed by atoms with Crippen LogP contribution < -0.4 is 0 Å². The van der Waals surface area contributed by atoms with E-state index in [-0.39, 0.29) is 0 Å². The smallest absolute Gasteiger partial charge is 0.000699 e. The highest BCUT2D eigenvalue weighted by Crippen LogP contribution is 2.45. The maximum atomic E-state index is 2.84. The van der Waals surface area contributed by atoms with Gasteiger partial charge >= 0.3 is 0 Å². The zero-order valence-corrected chi connectivity index (χ0v) is 6.09. The Kier molecular flexibility index (Phi) is 1.19. The van der Waals surface area contributed by atoms with Gasteiger partial charge in [-0.25, -0.2) is 0 Å². The normalized spacial score (nSPS) is 29.0. The summed E-state index contributed by atoms with van der Waals surface area (Å²) in [6.07, 6.45) is 4.18. The highest BCUT2D eigenvalue weighted by Gasteiger charge is 2.25. The summed E-state index contributed by atoms with van der Waals surface area (Å²) in [6, 6.07) is 0. The molecule has 0 bridgehead atoms. The first kappa shape index (κ1) is 5.01. The van der Waals surface area contributed by atoms with Crippen molar-refractivity contribution >= 4 is 18.5 Å². The van der Waals surface area contributed by atoms with Gasteiger partial charge in [0, 0.05) is 0 Å². The standard InChI is InChI=1S/C4H10P2/c5-4(6)2-1-3-4/h1-3,5-6H2. The van der Waals surface area contributed by atoms with Crippen molar-refractivity contribution < 1.29 is 0 Å². The molecule has 36 valence electrons. The second-order valence-corrected chi connectivity index (χ2v) is 5.05. The van der Waals surface area contributed by atoms with E-state index in [9.17, 15) is 0 Å². The van der Waals surface area contributed by atoms with Gasteiger partial charge in [-0.1, -0.05) is 6.42 Å². The lowest BCUT2D eigenvalue weighted by molar-refractivity contribution is 0.483. The van der Waals surface area contributed by atoms with Gasteiger partial charge in [0.1, 0.15) is 0 Å². The molecular formula is C4H10P2.